The van der Waals surface area contributed by atoms with Gasteiger partial charge in [0.25, 0.3) is 5.56 Å². The van der Waals surface area contributed by atoms with Gasteiger partial charge in [0.15, 0.2) is 0 Å². The molecule has 2 N–H and O–H groups in total. The van der Waals surface area contributed by atoms with Gasteiger partial charge in [0.1, 0.15) is 13.2 Å². The SMILES string of the molecule is CCOC(=O)C1=C(COC(=O)Cn2ccccc2=O)NC(=O)N[C@@H]1CC. The van der Waals surface area contributed by atoms with Crippen molar-refractivity contribution in [2.24, 2.45) is 0 Å². The van der Waals surface area contributed by atoms with E-state index in [9.17, 15) is 19.2 Å². The molecule has 0 unspecified atom stereocenters. The van der Waals surface area contributed by atoms with Gasteiger partial charge in [0, 0.05) is 12.3 Å². The predicted molar refractivity (Wildman–Crippen MR) is 91.1 cm³/mol. The predicted octanol–water partition coefficient (Wildman–Crippen LogP) is 0.300. The molecular formula is C17H21N3O6. The standard InChI is InChI=1S/C17H21N3O6/c1-3-11-15(16(23)25-4-2)12(19-17(24)18-11)10-26-14(22)9-20-8-6-5-7-13(20)21/h5-8,11H,3-4,9-10H2,1-2H3,(H2,18,19,24)/t11-/m1/s1. The highest BCUT2D eigenvalue weighted by atomic mass is 16.5. The van der Waals surface area contributed by atoms with Crippen LogP contribution in [0.15, 0.2) is 40.5 Å². The van der Waals surface area contributed by atoms with Crippen LogP contribution in [-0.4, -0.2) is 41.8 Å². The van der Waals surface area contributed by atoms with Crippen molar-refractivity contribution >= 4 is 18.0 Å². The average molecular weight is 363 g/mol. The number of nitrogens with zero attached hydrogens (tertiary/aromatic N) is 1. The third-order valence-electron chi connectivity index (χ3n) is 3.72. The molecular weight excluding hydrogens is 342 g/mol. The molecule has 2 heterocycles. The maximum absolute atomic E-state index is 12.2. The highest BCUT2D eigenvalue weighted by Crippen LogP contribution is 2.17. The molecule has 0 radical (unpaired) electrons. The molecule has 1 aromatic rings. The minimum atomic E-state index is -0.671. The van der Waals surface area contributed by atoms with Crippen molar-refractivity contribution in [3.8, 4) is 0 Å². The Morgan fingerprint density at radius 1 is 1.19 bits per heavy atom. The fourth-order valence-corrected chi connectivity index (χ4v) is 2.50. The number of pyridine rings is 1. The van der Waals surface area contributed by atoms with E-state index in [1.165, 1.54) is 16.8 Å². The first-order chi connectivity index (χ1) is 12.5. The van der Waals surface area contributed by atoms with Crippen molar-refractivity contribution in [2.75, 3.05) is 13.2 Å². The molecule has 0 saturated carbocycles. The summed E-state index contributed by atoms with van der Waals surface area (Å²) < 4.78 is 11.3. The Balaban J connectivity index is 2.13. The van der Waals surface area contributed by atoms with Gasteiger partial charge >= 0.3 is 18.0 Å². The number of carbonyl (C=O) groups excluding carboxylic acids is 3. The number of ether oxygens (including phenoxy) is 2. The first-order valence-electron chi connectivity index (χ1n) is 8.25. The lowest BCUT2D eigenvalue weighted by Crippen LogP contribution is -2.51. The molecule has 0 fully saturated rings. The van der Waals surface area contributed by atoms with Gasteiger partial charge in [-0.1, -0.05) is 13.0 Å². The highest BCUT2D eigenvalue weighted by Gasteiger charge is 2.31. The summed E-state index contributed by atoms with van der Waals surface area (Å²) in [5.41, 5.74) is 0.0588. The average Bonchev–Trinajstić information content (AvgIpc) is 2.61. The summed E-state index contributed by atoms with van der Waals surface area (Å²) in [4.78, 5) is 47.6. The molecule has 2 amide bonds. The van der Waals surface area contributed by atoms with E-state index in [1.807, 2.05) is 0 Å². The molecule has 9 heteroatoms. The number of rotatable bonds is 7. The maximum Gasteiger partial charge on any atom is 0.338 e. The van der Waals surface area contributed by atoms with Crippen molar-refractivity contribution in [1.29, 1.82) is 0 Å². The number of hydrogen-bond donors (Lipinski definition) is 2. The lowest BCUT2D eigenvalue weighted by atomic mass is 10.0. The molecule has 1 aromatic heterocycles. The van der Waals surface area contributed by atoms with Crippen LogP contribution in [0.2, 0.25) is 0 Å². The van der Waals surface area contributed by atoms with E-state index in [1.54, 1.807) is 26.0 Å². The van der Waals surface area contributed by atoms with Crippen LogP contribution in [0.25, 0.3) is 0 Å². The van der Waals surface area contributed by atoms with Gasteiger partial charge in [-0.05, 0) is 19.4 Å². The van der Waals surface area contributed by atoms with Crippen LogP contribution in [0.5, 0.6) is 0 Å². The molecule has 140 valence electrons. The number of nitrogens with one attached hydrogen (secondary N) is 2. The van der Waals surface area contributed by atoms with Gasteiger partial charge in [0.05, 0.1) is 23.9 Å². The second-order valence-electron chi connectivity index (χ2n) is 5.50. The minimum absolute atomic E-state index is 0.174. The normalized spacial score (nSPS) is 16.5. The summed E-state index contributed by atoms with van der Waals surface area (Å²) in [6, 6.07) is 3.49. The number of carbonyl (C=O) groups is 3. The monoisotopic (exact) mass is 363 g/mol. The van der Waals surface area contributed by atoms with E-state index in [-0.39, 0.29) is 36.6 Å². The van der Waals surface area contributed by atoms with Gasteiger partial charge in [0.2, 0.25) is 0 Å². The maximum atomic E-state index is 12.2. The van der Waals surface area contributed by atoms with Crippen molar-refractivity contribution in [3.63, 3.8) is 0 Å². The fourth-order valence-electron chi connectivity index (χ4n) is 2.50. The van der Waals surface area contributed by atoms with Crippen molar-refractivity contribution in [3.05, 3.63) is 46.0 Å². The van der Waals surface area contributed by atoms with E-state index in [0.29, 0.717) is 6.42 Å². The third kappa shape index (κ3) is 4.71. The molecule has 0 saturated heterocycles. The van der Waals surface area contributed by atoms with Crippen LogP contribution < -0.4 is 16.2 Å². The van der Waals surface area contributed by atoms with Gasteiger partial charge < -0.3 is 24.7 Å². The zero-order valence-corrected chi connectivity index (χ0v) is 14.6. The molecule has 0 spiro atoms. The molecule has 1 aliphatic heterocycles. The van der Waals surface area contributed by atoms with Gasteiger partial charge in [-0.2, -0.15) is 0 Å². The molecule has 1 aliphatic rings. The second kappa shape index (κ2) is 8.84. The van der Waals surface area contributed by atoms with Gasteiger partial charge in [-0.25, -0.2) is 9.59 Å². The Morgan fingerprint density at radius 3 is 2.62 bits per heavy atom. The number of aromatic nitrogens is 1. The van der Waals surface area contributed by atoms with Crippen LogP contribution in [0, 0.1) is 0 Å². The van der Waals surface area contributed by atoms with Crippen LogP contribution in [-0.2, 0) is 25.6 Å². The molecule has 0 bridgehead atoms. The minimum Gasteiger partial charge on any atom is -0.463 e. The van der Waals surface area contributed by atoms with Crippen molar-refractivity contribution in [2.45, 2.75) is 32.9 Å². The Hall–Kier alpha value is -3.10. The van der Waals surface area contributed by atoms with Gasteiger partial charge in [-0.3, -0.25) is 9.59 Å². The zero-order chi connectivity index (χ0) is 19.1. The Kier molecular flexibility index (Phi) is 6.54. The van der Waals surface area contributed by atoms with Crippen LogP contribution in [0.4, 0.5) is 4.79 Å². The molecule has 0 aliphatic carbocycles. The summed E-state index contributed by atoms with van der Waals surface area (Å²) >= 11 is 0. The Bertz CT molecular complexity index is 783. The third-order valence-corrected chi connectivity index (χ3v) is 3.72. The smallest absolute Gasteiger partial charge is 0.338 e. The van der Waals surface area contributed by atoms with Crippen LogP contribution >= 0.6 is 0 Å². The van der Waals surface area contributed by atoms with Crippen molar-refractivity contribution < 1.29 is 23.9 Å². The van der Waals surface area contributed by atoms with E-state index >= 15 is 0 Å². The van der Waals surface area contributed by atoms with E-state index in [0.717, 1.165) is 0 Å². The fraction of sp³-hybridized carbons (Fsp3) is 0.412. The summed E-state index contributed by atoms with van der Waals surface area (Å²) in [5.74, 6) is -1.26. The van der Waals surface area contributed by atoms with E-state index in [4.69, 9.17) is 9.47 Å². The quantitative estimate of drug-likeness (QED) is 0.673. The highest BCUT2D eigenvalue weighted by molar-refractivity contribution is 5.94. The lowest BCUT2D eigenvalue weighted by molar-refractivity contribution is -0.144. The molecule has 2 rings (SSSR count). The summed E-state index contributed by atoms with van der Waals surface area (Å²) in [6.07, 6.45) is 1.94. The largest absolute Gasteiger partial charge is 0.463 e. The summed E-state index contributed by atoms with van der Waals surface area (Å²) in [5, 5.41) is 5.11. The number of urea groups is 1. The molecule has 26 heavy (non-hydrogen) atoms. The Labute approximate surface area is 150 Å². The first kappa shape index (κ1) is 19.2. The number of hydrogen-bond acceptors (Lipinski definition) is 6. The van der Waals surface area contributed by atoms with E-state index < -0.39 is 24.0 Å². The zero-order valence-electron chi connectivity index (χ0n) is 14.6. The van der Waals surface area contributed by atoms with Crippen LogP contribution in [0.3, 0.4) is 0 Å². The summed E-state index contributed by atoms with van der Waals surface area (Å²) in [7, 11) is 0. The topological polar surface area (TPSA) is 116 Å². The number of amides is 2. The molecule has 0 aromatic carbocycles. The Morgan fingerprint density at radius 2 is 1.96 bits per heavy atom. The lowest BCUT2D eigenvalue weighted by Gasteiger charge is -2.28. The summed E-state index contributed by atoms with van der Waals surface area (Å²) in [6.45, 7) is 3.08. The molecule has 1 atom stereocenters. The second-order valence-corrected chi connectivity index (χ2v) is 5.50. The number of esters is 2. The van der Waals surface area contributed by atoms with Crippen molar-refractivity contribution in [1.82, 2.24) is 15.2 Å². The molecule has 9 nitrogen and oxygen atoms in total. The first-order valence-corrected chi connectivity index (χ1v) is 8.25. The van der Waals surface area contributed by atoms with Gasteiger partial charge in [-0.15, -0.1) is 0 Å². The van der Waals surface area contributed by atoms with Crippen LogP contribution in [0.1, 0.15) is 20.3 Å². The van der Waals surface area contributed by atoms with E-state index in [2.05, 4.69) is 10.6 Å².